The van der Waals surface area contributed by atoms with E-state index in [4.69, 9.17) is 39.5 Å². The highest BCUT2D eigenvalue weighted by molar-refractivity contribution is 7.99. The number of carbonyl (C=O) groups is 1. The summed E-state index contributed by atoms with van der Waals surface area (Å²) >= 11 is 20.0. The molecule has 3 nitrogen and oxygen atoms in total. The number of ether oxygens (including phenoxy) is 1. The normalized spacial score (nSPS) is 16.8. The standard InChI is InChI=1S/C19H18Cl3NO2S/c1-11-7-14(8-12(2)18(11)22)25-10-17(24)23-5-6-26-19(23)13-3-4-15(20)16(21)9-13/h3-4,7-9,19H,5-6,10H2,1-2H3/t19-/m1/s1. The molecule has 1 atom stereocenters. The molecule has 1 aliphatic heterocycles. The molecule has 0 saturated carbocycles. The second-order valence-electron chi connectivity index (χ2n) is 6.14. The molecular formula is C19H18Cl3NO2S. The predicted molar refractivity (Wildman–Crippen MR) is 110 cm³/mol. The van der Waals surface area contributed by atoms with Gasteiger partial charge in [0.2, 0.25) is 0 Å². The maximum absolute atomic E-state index is 12.7. The average molecular weight is 431 g/mol. The Balaban J connectivity index is 1.69. The summed E-state index contributed by atoms with van der Waals surface area (Å²) in [6, 6.07) is 9.18. The van der Waals surface area contributed by atoms with Crippen molar-refractivity contribution in [3.63, 3.8) is 0 Å². The Morgan fingerprint density at radius 1 is 1.15 bits per heavy atom. The van der Waals surface area contributed by atoms with E-state index in [9.17, 15) is 4.79 Å². The molecule has 1 heterocycles. The Labute approximate surface area is 172 Å². The lowest BCUT2D eigenvalue weighted by atomic mass is 10.1. The fourth-order valence-corrected chi connectivity index (χ4v) is 4.57. The van der Waals surface area contributed by atoms with Gasteiger partial charge in [-0.3, -0.25) is 4.79 Å². The van der Waals surface area contributed by atoms with Gasteiger partial charge in [0.05, 0.1) is 10.0 Å². The molecule has 1 amide bonds. The Bertz CT molecular complexity index is 821. The Morgan fingerprint density at radius 2 is 1.85 bits per heavy atom. The number of benzene rings is 2. The molecule has 138 valence electrons. The van der Waals surface area contributed by atoms with Gasteiger partial charge < -0.3 is 9.64 Å². The first-order valence-electron chi connectivity index (χ1n) is 8.12. The lowest BCUT2D eigenvalue weighted by molar-refractivity contribution is -0.133. The zero-order valence-corrected chi connectivity index (χ0v) is 17.5. The molecule has 0 unspecified atom stereocenters. The molecule has 26 heavy (non-hydrogen) atoms. The molecule has 1 fully saturated rings. The minimum Gasteiger partial charge on any atom is -0.484 e. The van der Waals surface area contributed by atoms with Gasteiger partial charge in [0, 0.05) is 17.3 Å². The van der Waals surface area contributed by atoms with E-state index < -0.39 is 0 Å². The number of rotatable bonds is 4. The second-order valence-corrected chi connectivity index (χ2v) is 8.52. The summed E-state index contributed by atoms with van der Waals surface area (Å²) in [5, 5.41) is 1.65. The highest BCUT2D eigenvalue weighted by Gasteiger charge is 2.31. The van der Waals surface area contributed by atoms with Gasteiger partial charge in [0.25, 0.3) is 5.91 Å². The van der Waals surface area contributed by atoms with Gasteiger partial charge in [-0.2, -0.15) is 0 Å². The van der Waals surface area contributed by atoms with Crippen molar-refractivity contribution < 1.29 is 9.53 Å². The van der Waals surface area contributed by atoms with E-state index >= 15 is 0 Å². The number of nitrogens with zero attached hydrogens (tertiary/aromatic N) is 1. The topological polar surface area (TPSA) is 29.5 Å². The Hall–Kier alpha value is -1.07. The zero-order valence-electron chi connectivity index (χ0n) is 14.4. The van der Waals surface area contributed by atoms with Gasteiger partial charge in [-0.1, -0.05) is 40.9 Å². The van der Waals surface area contributed by atoms with Crippen LogP contribution in [-0.4, -0.2) is 29.7 Å². The molecule has 0 bridgehead atoms. The van der Waals surface area contributed by atoms with Crippen LogP contribution in [0.3, 0.4) is 0 Å². The van der Waals surface area contributed by atoms with Gasteiger partial charge in [-0.25, -0.2) is 0 Å². The third-order valence-electron chi connectivity index (χ3n) is 4.21. The molecule has 0 spiro atoms. The Morgan fingerprint density at radius 3 is 2.50 bits per heavy atom. The van der Waals surface area contributed by atoms with E-state index in [0.717, 1.165) is 27.5 Å². The van der Waals surface area contributed by atoms with Crippen LogP contribution in [0.15, 0.2) is 30.3 Å². The molecule has 0 aliphatic carbocycles. The monoisotopic (exact) mass is 429 g/mol. The molecule has 7 heteroatoms. The summed E-state index contributed by atoms with van der Waals surface area (Å²) in [6.45, 7) is 4.50. The van der Waals surface area contributed by atoms with E-state index in [1.807, 2.05) is 43.0 Å². The maximum Gasteiger partial charge on any atom is 0.261 e. The van der Waals surface area contributed by atoms with Crippen molar-refractivity contribution in [1.82, 2.24) is 4.90 Å². The third kappa shape index (κ3) is 4.25. The highest BCUT2D eigenvalue weighted by Crippen LogP contribution is 2.39. The molecular weight excluding hydrogens is 413 g/mol. The number of halogens is 3. The predicted octanol–water partition coefficient (Wildman–Crippen LogP) is 5.92. The molecule has 2 aromatic carbocycles. The van der Waals surface area contributed by atoms with Gasteiger partial charge in [-0.05, 0) is 54.8 Å². The fourth-order valence-electron chi connectivity index (χ4n) is 2.89. The van der Waals surface area contributed by atoms with E-state index in [-0.39, 0.29) is 17.9 Å². The van der Waals surface area contributed by atoms with Crippen molar-refractivity contribution in [2.24, 2.45) is 0 Å². The van der Waals surface area contributed by atoms with Crippen LogP contribution in [0.5, 0.6) is 5.75 Å². The fraction of sp³-hybridized carbons (Fsp3) is 0.316. The summed E-state index contributed by atoms with van der Waals surface area (Å²) in [5.41, 5.74) is 2.83. The lowest BCUT2D eigenvalue weighted by Gasteiger charge is -2.24. The SMILES string of the molecule is Cc1cc(OCC(=O)N2CCS[C@@H]2c2ccc(Cl)c(Cl)c2)cc(C)c1Cl. The summed E-state index contributed by atoms with van der Waals surface area (Å²) in [5.74, 6) is 1.46. The third-order valence-corrected chi connectivity index (χ3v) is 6.81. The van der Waals surface area contributed by atoms with Crippen molar-refractivity contribution in [3.8, 4) is 5.75 Å². The van der Waals surface area contributed by atoms with Crippen molar-refractivity contribution in [2.45, 2.75) is 19.2 Å². The van der Waals surface area contributed by atoms with Crippen LogP contribution >= 0.6 is 46.6 Å². The number of aryl methyl sites for hydroxylation is 2. The van der Waals surface area contributed by atoms with Crippen molar-refractivity contribution >= 4 is 52.5 Å². The lowest BCUT2D eigenvalue weighted by Crippen LogP contribution is -2.34. The van der Waals surface area contributed by atoms with Crippen molar-refractivity contribution in [1.29, 1.82) is 0 Å². The van der Waals surface area contributed by atoms with Crippen LogP contribution in [0.2, 0.25) is 15.1 Å². The van der Waals surface area contributed by atoms with Gasteiger partial charge in [0.1, 0.15) is 11.1 Å². The smallest absolute Gasteiger partial charge is 0.261 e. The molecule has 1 aliphatic rings. The number of amides is 1. The van der Waals surface area contributed by atoms with E-state index in [1.165, 1.54) is 0 Å². The van der Waals surface area contributed by atoms with Crippen molar-refractivity contribution in [3.05, 3.63) is 62.1 Å². The first kappa shape index (κ1) is 19.7. The van der Waals surface area contributed by atoms with Crippen LogP contribution < -0.4 is 4.74 Å². The Kier molecular flexibility index (Phi) is 6.29. The van der Waals surface area contributed by atoms with Gasteiger partial charge >= 0.3 is 0 Å². The molecule has 2 aromatic rings. The minimum absolute atomic E-state index is 0.0150. The van der Waals surface area contributed by atoms with Gasteiger partial charge in [0.15, 0.2) is 6.61 Å². The van der Waals surface area contributed by atoms with Crippen LogP contribution in [0.4, 0.5) is 0 Å². The van der Waals surface area contributed by atoms with E-state index in [1.54, 1.807) is 17.8 Å². The minimum atomic E-state index is -0.0745. The number of thioether (sulfide) groups is 1. The summed E-state index contributed by atoms with van der Waals surface area (Å²) in [6.07, 6.45) is 0. The molecule has 0 N–H and O–H groups in total. The van der Waals surface area contributed by atoms with E-state index in [0.29, 0.717) is 22.3 Å². The molecule has 3 rings (SSSR count). The zero-order chi connectivity index (χ0) is 18.8. The van der Waals surface area contributed by atoms with Gasteiger partial charge in [-0.15, -0.1) is 11.8 Å². The highest BCUT2D eigenvalue weighted by atomic mass is 35.5. The summed E-state index contributed by atoms with van der Waals surface area (Å²) in [7, 11) is 0. The maximum atomic E-state index is 12.7. The van der Waals surface area contributed by atoms with Crippen LogP contribution in [0.25, 0.3) is 0 Å². The molecule has 1 saturated heterocycles. The number of hydrogen-bond acceptors (Lipinski definition) is 3. The summed E-state index contributed by atoms with van der Waals surface area (Å²) in [4.78, 5) is 14.5. The van der Waals surface area contributed by atoms with Crippen LogP contribution in [0, 0.1) is 13.8 Å². The van der Waals surface area contributed by atoms with Crippen LogP contribution in [-0.2, 0) is 4.79 Å². The quantitative estimate of drug-likeness (QED) is 0.603. The largest absolute Gasteiger partial charge is 0.484 e. The van der Waals surface area contributed by atoms with E-state index in [2.05, 4.69) is 0 Å². The average Bonchev–Trinajstić information content (AvgIpc) is 3.09. The van der Waals surface area contributed by atoms with Crippen molar-refractivity contribution in [2.75, 3.05) is 18.9 Å². The second kappa shape index (κ2) is 8.30. The molecule has 0 aromatic heterocycles. The first-order valence-corrected chi connectivity index (χ1v) is 10.3. The summed E-state index contributed by atoms with van der Waals surface area (Å²) < 4.78 is 5.72. The number of carbonyl (C=O) groups excluding carboxylic acids is 1. The van der Waals surface area contributed by atoms with Crippen LogP contribution in [0.1, 0.15) is 22.1 Å². The number of hydrogen-bond donors (Lipinski definition) is 0. The molecule has 0 radical (unpaired) electrons. The first-order chi connectivity index (χ1) is 12.4.